The van der Waals surface area contributed by atoms with Gasteiger partial charge in [-0.25, -0.2) is 9.97 Å². The number of hydrogen-bond acceptors (Lipinski definition) is 6. The first kappa shape index (κ1) is 9.53. The molecule has 1 aliphatic heterocycles. The van der Waals surface area contributed by atoms with Gasteiger partial charge in [-0.05, 0) is 19.4 Å². The van der Waals surface area contributed by atoms with Gasteiger partial charge in [-0.2, -0.15) is 4.98 Å². The summed E-state index contributed by atoms with van der Waals surface area (Å²) < 4.78 is 5.11. The van der Waals surface area contributed by atoms with E-state index in [-0.39, 0.29) is 0 Å². The average molecular weight is 219 g/mol. The zero-order chi connectivity index (χ0) is 10.8. The molecule has 0 radical (unpaired) electrons. The van der Waals surface area contributed by atoms with Crippen molar-refractivity contribution in [1.82, 2.24) is 20.3 Å². The largest absolute Gasteiger partial charge is 0.425 e. The molecule has 1 fully saturated rings. The van der Waals surface area contributed by atoms with Crippen LogP contribution in [0.3, 0.4) is 0 Å². The zero-order valence-electron chi connectivity index (χ0n) is 8.81. The molecule has 1 unspecified atom stereocenters. The highest BCUT2D eigenvalue weighted by molar-refractivity contribution is 5.80. The van der Waals surface area contributed by atoms with Crippen molar-refractivity contribution < 1.29 is 4.42 Å². The summed E-state index contributed by atoms with van der Waals surface area (Å²) in [7, 11) is 0. The van der Waals surface area contributed by atoms with Crippen molar-refractivity contribution in [3.05, 3.63) is 12.7 Å². The third-order valence-corrected chi connectivity index (χ3v) is 2.81. The molecule has 1 saturated heterocycles. The molecule has 6 nitrogen and oxygen atoms in total. The third-order valence-electron chi connectivity index (χ3n) is 2.81. The van der Waals surface area contributed by atoms with Crippen LogP contribution in [0, 0.1) is 0 Å². The van der Waals surface area contributed by atoms with Crippen LogP contribution in [0.25, 0.3) is 11.2 Å². The number of nitrogens with zero attached hydrogens (tertiary/aromatic N) is 3. The monoisotopic (exact) mass is 219 g/mol. The second-order valence-electron chi connectivity index (χ2n) is 3.90. The molecule has 16 heavy (non-hydrogen) atoms. The second-order valence-corrected chi connectivity index (χ2v) is 3.90. The highest BCUT2D eigenvalue weighted by Crippen LogP contribution is 2.16. The maximum atomic E-state index is 5.11. The van der Waals surface area contributed by atoms with Crippen molar-refractivity contribution in [3.8, 4) is 0 Å². The average Bonchev–Trinajstić information content (AvgIpc) is 2.97. The van der Waals surface area contributed by atoms with Gasteiger partial charge in [0.2, 0.25) is 0 Å². The normalized spacial score (nSPS) is 20.4. The molecule has 0 amide bonds. The van der Waals surface area contributed by atoms with E-state index in [1.807, 2.05) is 0 Å². The molecule has 0 aliphatic carbocycles. The lowest BCUT2D eigenvalue weighted by atomic mass is 10.2. The molecule has 1 aliphatic rings. The van der Waals surface area contributed by atoms with Crippen molar-refractivity contribution in [2.45, 2.75) is 18.9 Å². The molecule has 2 aromatic rings. The van der Waals surface area contributed by atoms with Gasteiger partial charge in [0.05, 0.1) is 0 Å². The Kier molecular flexibility index (Phi) is 2.41. The quantitative estimate of drug-likeness (QED) is 0.794. The fourth-order valence-corrected chi connectivity index (χ4v) is 1.97. The van der Waals surface area contributed by atoms with Crippen LogP contribution in [0.15, 0.2) is 17.1 Å². The van der Waals surface area contributed by atoms with Gasteiger partial charge in [-0.3, -0.25) is 0 Å². The van der Waals surface area contributed by atoms with Crippen LogP contribution in [0.1, 0.15) is 12.8 Å². The van der Waals surface area contributed by atoms with Crippen LogP contribution in [0.2, 0.25) is 0 Å². The van der Waals surface area contributed by atoms with Crippen LogP contribution < -0.4 is 10.6 Å². The number of rotatable bonds is 3. The Balaban J connectivity index is 1.75. The molecule has 2 N–H and O–H groups in total. The van der Waals surface area contributed by atoms with Gasteiger partial charge in [0.15, 0.2) is 17.7 Å². The fourth-order valence-electron chi connectivity index (χ4n) is 1.97. The van der Waals surface area contributed by atoms with Gasteiger partial charge < -0.3 is 15.1 Å². The number of oxazole rings is 1. The Morgan fingerprint density at radius 3 is 3.31 bits per heavy atom. The Morgan fingerprint density at radius 1 is 1.44 bits per heavy atom. The summed E-state index contributed by atoms with van der Waals surface area (Å²) in [5, 5.41) is 6.70. The summed E-state index contributed by atoms with van der Waals surface area (Å²) in [6, 6.07) is 0.525. The molecule has 0 bridgehead atoms. The van der Waals surface area contributed by atoms with E-state index in [4.69, 9.17) is 4.42 Å². The van der Waals surface area contributed by atoms with Crippen molar-refractivity contribution in [3.63, 3.8) is 0 Å². The van der Waals surface area contributed by atoms with E-state index in [0.717, 1.165) is 18.9 Å². The van der Waals surface area contributed by atoms with E-state index >= 15 is 0 Å². The lowest BCUT2D eigenvalue weighted by Gasteiger charge is -2.11. The van der Waals surface area contributed by atoms with Gasteiger partial charge in [0.1, 0.15) is 6.33 Å². The molecule has 84 valence electrons. The topological polar surface area (TPSA) is 75.9 Å². The van der Waals surface area contributed by atoms with E-state index < -0.39 is 0 Å². The number of anilines is 1. The van der Waals surface area contributed by atoms with Crippen molar-refractivity contribution >= 4 is 17.0 Å². The summed E-state index contributed by atoms with van der Waals surface area (Å²) >= 11 is 0. The molecular formula is C10H13N5O. The van der Waals surface area contributed by atoms with Crippen molar-refractivity contribution in [1.29, 1.82) is 0 Å². The lowest BCUT2D eigenvalue weighted by molar-refractivity contribution is 0.590. The second kappa shape index (κ2) is 4.05. The van der Waals surface area contributed by atoms with E-state index in [1.54, 1.807) is 0 Å². The van der Waals surface area contributed by atoms with E-state index in [9.17, 15) is 0 Å². The zero-order valence-corrected chi connectivity index (χ0v) is 8.81. The number of nitrogens with one attached hydrogen (secondary N) is 2. The van der Waals surface area contributed by atoms with Gasteiger partial charge in [0, 0.05) is 12.6 Å². The maximum absolute atomic E-state index is 5.11. The minimum atomic E-state index is 0.525. The molecule has 0 aromatic carbocycles. The summed E-state index contributed by atoms with van der Waals surface area (Å²) in [5.41, 5.74) is 1.22. The summed E-state index contributed by atoms with van der Waals surface area (Å²) in [6.07, 6.45) is 5.33. The smallest absolute Gasteiger partial charge is 0.251 e. The van der Waals surface area contributed by atoms with Crippen LogP contribution in [0.5, 0.6) is 0 Å². The highest BCUT2D eigenvalue weighted by atomic mass is 16.3. The summed E-state index contributed by atoms with van der Waals surface area (Å²) in [6.45, 7) is 1.97. The molecule has 0 saturated carbocycles. The molecule has 6 heteroatoms. The third kappa shape index (κ3) is 1.71. The predicted octanol–water partition coefficient (Wildman–Crippen LogP) is 0.782. The van der Waals surface area contributed by atoms with Crippen LogP contribution in [0.4, 0.5) is 5.82 Å². The Bertz CT molecular complexity index is 477. The van der Waals surface area contributed by atoms with Crippen LogP contribution in [-0.2, 0) is 0 Å². The first-order valence-electron chi connectivity index (χ1n) is 5.45. The molecule has 3 heterocycles. The predicted molar refractivity (Wildman–Crippen MR) is 59.1 cm³/mol. The molecular weight excluding hydrogens is 206 g/mol. The summed E-state index contributed by atoms with van der Waals surface area (Å²) in [5.74, 6) is 0.743. The van der Waals surface area contributed by atoms with E-state index in [1.165, 1.54) is 25.6 Å². The Labute approximate surface area is 92.5 Å². The molecule has 1 atom stereocenters. The fraction of sp³-hybridized carbons (Fsp3) is 0.500. The van der Waals surface area contributed by atoms with Crippen molar-refractivity contribution in [2.75, 3.05) is 18.4 Å². The molecule has 2 aromatic heterocycles. The Morgan fingerprint density at radius 2 is 2.44 bits per heavy atom. The number of fused-ring (bicyclic) bond motifs is 1. The van der Waals surface area contributed by atoms with Gasteiger partial charge >= 0.3 is 0 Å². The first-order chi connectivity index (χ1) is 7.93. The highest BCUT2D eigenvalue weighted by Gasteiger charge is 2.14. The van der Waals surface area contributed by atoms with Gasteiger partial charge in [0.25, 0.3) is 5.71 Å². The van der Waals surface area contributed by atoms with Gasteiger partial charge in [-0.15, -0.1) is 0 Å². The SMILES string of the molecule is c1nc(NCC2CCCN2)c2ncoc2n1. The molecule has 0 spiro atoms. The van der Waals surface area contributed by atoms with Crippen molar-refractivity contribution in [2.24, 2.45) is 0 Å². The Hall–Kier alpha value is -1.69. The molecule has 3 rings (SSSR count). The maximum Gasteiger partial charge on any atom is 0.251 e. The van der Waals surface area contributed by atoms with Crippen LogP contribution >= 0.6 is 0 Å². The van der Waals surface area contributed by atoms with Gasteiger partial charge in [-0.1, -0.05) is 0 Å². The first-order valence-corrected chi connectivity index (χ1v) is 5.45. The number of aromatic nitrogens is 3. The van der Waals surface area contributed by atoms with Crippen LogP contribution in [-0.4, -0.2) is 34.1 Å². The minimum absolute atomic E-state index is 0.525. The van der Waals surface area contributed by atoms with E-state index in [2.05, 4.69) is 25.6 Å². The lowest BCUT2D eigenvalue weighted by Crippen LogP contribution is -2.29. The number of hydrogen-bond donors (Lipinski definition) is 2. The standard InChI is InChI=1S/C10H13N5O/c1-2-7(11-3-1)4-12-9-8-10(14-5-13-9)16-6-15-8/h5-7,11H,1-4H2,(H,12,13,14). The summed E-state index contributed by atoms with van der Waals surface area (Å²) in [4.78, 5) is 12.2. The van der Waals surface area contributed by atoms with E-state index in [0.29, 0.717) is 17.3 Å². The minimum Gasteiger partial charge on any atom is -0.425 e.